The van der Waals surface area contributed by atoms with E-state index in [2.05, 4.69) is 35.5 Å². The van der Waals surface area contributed by atoms with Crippen LogP contribution in [0.5, 0.6) is 0 Å². The molecule has 104 valence electrons. The van der Waals surface area contributed by atoms with E-state index >= 15 is 0 Å². The molecule has 2 aliphatic rings. The van der Waals surface area contributed by atoms with Crippen molar-refractivity contribution in [1.29, 1.82) is 0 Å². The van der Waals surface area contributed by atoms with Crippen LogP contribution in [0.4, 0.5) is 0 Å². The summed E-state index contributed by atoms with van der Waals surface area (Å²) in [7, 11) is 0.870. The Hall–Kier alpha value is -0.920. The van der Waals surface area contributed by atoms with E-state index in [0.717, 1.165) is 40.7 Å². The Morgan fingerprint density at radius 2 is 2.37 bits per heavy atom. The van der Waals surface area contributed by atoms with Gasteiger partial charge in [0.25, 0.3) is 0 Å². The van der Waals surface area contributed by atoms with Gasteiger partial charge in [-0.3, -0.25) is 4.79 Å². The van der Waals surface area contributed by atoms with Crippen molar-refractivity contribution >= 4 is 20.4 Å². The predicted octanol–water partition coefficient (Wildman–Crippen LogP) is 2.06. The van der Waals surface area contributed by atoms with Crippen LogP contribution in [-0.4, -0.2) is 42.4 Å². The summed E-state index contributed by atoms with van der Waals surface area (Å²) in [4.78, 5) is 13.8. The van der Waals surface area contributed by atoms with E-state index in [0.29, 0.717) is 11.8 Å². The average molecular weight is 278 g/mol. The second kappa shape index (κ2) is 7.02. The van der Waals surface area contributed by atoms with Crippen LogP contribution in [0.2, 0.25) is 0 Å². The molecular weight excluding hydrogens is 255 g/mol. The standard InChI is InChI=1S/C15H23N2OP/c1-19-14(15(16)18)13-8-10-17(11-13)9-7-12-5-3-2-4-6-12/h2-5,12-14H,1,6-11H2,(H2,16,18). The van der Waals surface area contributed by atoms with Gasteiger partial charge in [-0.15, -0.1) is 0 Å². The SMILES string of the molecule is C=PC(C(N)=O)C1CCN(CCC2C=CC=CC2)C1. The number of primary amides is 1. The van der Waals surface area contributed by atoms with Crippen molar-refractivity contribution in [1.82, 2.24) is 4.90 Å². The van der Waals surface area contributed by atoms with Gasteiger partial charge in [0.15, 0.2) is 0 Å². The number of carbonyl (C=O) groups excluding carboxylic acids is 1. The van der Waals surface area contributed by atoms with E-state index in [1.807, 2.05) is 0 Å². The van der Waals surface area contributed by atoms with Crippen molar-refractivity contribution in [2.24, 2.45) is 17.6 Å². The lowest BCUT2D eigenvalue weighted by molar-refractivity contribution is -0.118. The number of likely N-dealkylation sites (tertiary alicyclic amines) is 1. The molecule has 0 radical (unpaired) electrons. The maximum atomic E-state index is 11.4. The zero-order valence-corrected chi connectivity index (χ0v) is 12.3. The van der Waals surface area contributed by atoms with Gasteiger partial charge in [0.2, 0.25) is 5.91 Å². The van der Waals surface area contributed by atoms with Crippen molar-refractivity contribution < 1.29 is 4.79 Å². The Kier molecular flexibility index (Phi) is 5.35. The van der Waals surface area contributed by atoms with E-state index in [1.165, 1.54) is 6.42 Å². The fourth-order valence-electron chi connectivity index (χ4n) is 2.99. The van der Waals surface area contributed by atoms with E-state index in [-0.39, 0.29) is 11.6 Å². The van der Waals surface area contributed by atoms with Crippen LogP contribution in [0.15, 0.2) is 24.3 Å². The molecule has 3 unspecified atom stereocenters. The summed E-state index contributed by atoms with van der Waals surface area (Å²) in [5.74, 6) is 0.893. The van der Waals surface area contributed by atoms with E-state index in [9.17, 15) is 4.79 Å². The molecule has 0 saturated carbocycles. The van der Waals surface area contributed by atoms with Crippen LogP contribution in [-0.2, 0) is 4.79 Å². The van der Waals surface area contributed by atoms with Crippen molar-refractivity contribution in [3.8, 4) is 0 Å². The quantitative estimate of drug-likeness (QED) is 0.756. The number of rotatable bonds is 6. The minimum atomic E-state index is -0.191. The first-order valence-corrected chi connectivity index (χ1v) is 8.16. The summed E-state index contributed by atoms with van der Waals surface area (Å²) in [5, 5.41) is 0. The van der Waals surface area contributed by atoms with E-state index in [4.69, 9.17) is 5.73 Å². The van der Waals surface area contributed by atoms with Gasteiger partial charge in [0, 0.05) is 6.54 Å². The molecule has 0 aromatic carbocycles. The Bertz CT molecular complexity index is 392. The highest BCUT2D eigenvalue weighted by Crippen LogP contribution is 2.27. The zero-order chi connectivity index (χ0) is 13.7. The summed E-state index contributed by atoms with van der Waals surface area (Å²) in [6, 6.07) is 0. The maximum absolute atomic E-state index is 11.4. The smallest absolute Gasteiger partial charge is 0.229 e. The van der Waals surface area contributed by atoms with Gasteiger partial charge in [-0.1, -0.05) is 38.8 Å². The first kappa shape index (κ1) is 14.5. The summed E-state index contributed by atoms with van der Waals surface area (Å²) in [6.45, 7) is 3.22. The highest BCUT2D eigenvalue weighted by Gasteiger charge is 2.31. The minimum absolute atomic E-state index is 0.0671. The fourth-order valence-corrected chi connectivity index (χ4v) is 3.71. The number of amides is 1. The minimum Gasteiger partial charge on any atom is -0.369 e. The van der Waals surface area contributed by atoms with Crippen LogP contribution < -0.4 is 5.73 Å². The Morgan fingerprint density at radius 1 is 1.53 bits per heavy atom. The molecule has 3 atom stereocenters. The molecule has 0 spiro atoms. The largest absolute Gasteiger partial charge is 0.369 e. The lowest BCUT2D eigenvalue weighted by Crippen LogP contribution is -2.33. The van der Waals surface area contributed by atoms with Crippen molar-refractivity contribution in [3.05, 3.63) is 24.3 Å². The predicted molar refractivity (Wildman–Crippen MR) is 82.6 cm³/mol. The third kappa shape index (κ3) is 4.02. The molecule has 1 aliphatic heterocycles. The Morgan fingerprint density at radius 3 is 3.00 bits per heavy atom. The number of hydrogen-bond acceptors (Lipinski definition) is 2. The number of nitrogens with two attached hydrogens (primary N) is 1. The van der Waals surface area contributed by atoms with E-state index < -0.39 is 0 Å². The lowest BCUT2D eigenvalue weighted by Gasteiger charge is -2.20. The fraction of sp³-hybridized carbons (Fsp3) is 0.600. The normalized spacial score (nSPS) is 28.8. The molecule has 1 saturated heterocycles. The number of allylic oxidation sites excluding steroid dienone is 4. The molecule has 2 N–H and O–H groups in total. The van der Waals surface area contributed by atoms with Gasteiger partial charge in [-0.2, -0.15) is 0 Å². The van der Waals surface area contributed by atoms with E-state index in [1.54, 1.807) is 0 Å². The van der Waals surface area contributed by atoms with Gasteiger partial charge in [0.1, 0.15) is 0 Å². The highest BCUT2D eigenvalue weighted by molar-refractivity contribution is 7.38. The number of nitrogens with zero attached hydrogens (tertiary/aromatic N) is 1. The van der Waals surface area contributed by atoms with Gasteiger partial charge in [-0.25, -0.2) is 0 Å². The average Bonchev–Trinajstić information content (AvgIpc) is 2.87. The monoisotopic (exact) mass is 278 g/mol. The van der Waals surface area contributed by atoms with Crippen LogP contribution in [0.25, 0.3) is 0 Å². The molecule has 3 nitrogen and oxygen atoms in total. The summed E-state index contributed by atoms with van der Waals surface area (Å²) >= 11 is 0. The lowest BCUT2D eigenvalue weighted by atomic mass is 9.97. The van der Waals surface area contributed by atoms with Crippen LogP contribution in [0.3, 0.4) is 0 Å². The van der Waals surface area contributed by atoms with Gasteiger partial charge in [-0.05, 0) is 44.2 Å². The van der Waals surface area contributed by atoms with Crippen molar-refractivity contribution in [2.45, 2.75) is 24.9 Å². The first-order valence-electron chi connectivity index (χ1n) is 7.01. The summed E-state index contributed by atoms with van der Waals surface area (Å²) in [5.41, 5.74) is 5.38. The molecule has 2 rings (SSSR count). The van der Waals surface area contributed by atoms with Gasteiger partial charge >= 0.3 is 0 Å². The number of carbonyl (C=O) groups is 1. The van der Waals surface area contributed by atoms with Crippen LogP contribution >= 0.6 is 8.20 Å². The Labute approximate surface area is 117 Å². The highest BCUT2D eigenvalue weighted by atomic mass is 31.1. The summed E-state index contributed by atoms with van der Waals surface area (Å²) < 4.78 is 0. The second-order valence-electron chi connectivity index (χ2n) is 5.48. The molecule has 1 amide bonds. The van der Waals surface area contributed by atoms with Crippen LogP contribution in [0.1, 0.15) is 19.3 Å². The molecule has 1 aliphatic carbocycles. The molecule has 4 heteroatoms. The molecule has 0 aromatic heterocycles. The van der Waals surface area contributed by atoms with Gasteiger partial charge < -0.3 is 10.6 Å². The maximum Gasteiger partial charge on any atom is 0.229 e. The molecule has 0 bridgehead atoms. The zero-order valence-electron chi connectivity index (χ0n) is 11.4. The Balaban J connectivity index is 1.75. The van der Waals surface area contributed by atoms with Crippen molar-refractivity contribution in [3.63, 3.8) is 0 Å². The second-order valence-corrected chi connectivity index (χ2v) is 6.40. The van der Waals surface area contributed by atoms with Gasteiger partial charge in [0.05, 0.1) is 5.66 Å². The summed E-state index contributed by atoms with van der Waals surface area (Å²) in [6.07, 6.45) is 16.1. The first-order chi connectivity index (χ1) is 9.20. The third-order valence-corrected chi connectivity index (χ3v) is 5.20. The molecule has 1 fully saturated rings. The molecule has 1 heterocycles. The van der Waals surface area contributed by atoms with Crippen molar-refractivity contribution in [2.75, 3.05) is 19.6 Å². The topological polar surface area (TPSA) is 46.3 Å². The number of hydrogen-bond donors (Lipinski definition) is 1. The molecule has 19 heavy (non-hydrogen) atoms. The molecular formula is C15H23N2OP. The molecule has 0 aromatic rings. The third-order valence-electron chi connectivity index (χ3n) is 4.13. The van der Waals surface area contributed by atoms with Crippen LogP contribution in [0, 0.1) is 11.8 Å².